The fraction of sp³-hybridized carbons (Fsp3) is 0.0500. The van der Waals surface area contributed by atoms with Gasteiger partial charge in [-0.2, -0.15) is 5.06 Å². The van der Waals surface area contributed by atoms with Gasteiger partial charge in [-0.3, -0.25) is 0 Å². The zero-order valence-corrected chi connectivity index (χ0v) is 14.5. The summed E-state index contributed by atoms with van der Waals surface area (Å²) >= 11 is 0. The molecule has 4 rings (SSSR count). The van der Waals surface area contributed by atoms with Gasteiger partial charge in [-0.15, -0.1) is 0 Å². The van der Waals surface area contributed by atoms with Crippen LogP contribution in [0.25, 0.3) is 0 Å². The maximum absolute atomic E-state index is 13.2. The average molecular weight is 382 g/mol. The Labute approximate surface area is 159 Å². The maximum Gasteiger partial charge on any atom is 0.323 e. The van der Waals surface area contributed by atoms with E-state index < -0.39 is 23.8 Å². The van der Waals surface area contributed by atoms with Crippen molar-refractivity contribution in [2.75, 3.05) is 15.7 Å². The van der Waals surface area contributed by atoms with Crippen LogP contribution in [-0.2, 0) is 0 Å². The van der Waals surface area contributed by atoms with Crippen molar-refractivity contribution in [3.05, 3.63) is 83.9 Å². The number of benzene rings is 3. The highest BCUT2D eigenvalue weighted by molar-refractivity contribution is 5.99. The van der Waals surface area contributed by atoms with Gasteiger partial charge in [0.25, 0.3) is 0 Å². The molecule has 1 atom stereocenters. The number of carbonyl (C=O) groups excluding carboxylic acids is 1. The van der Waals surface area contributed by atoms with E-state index >= 15 is 0 Å². The van der Waals surface area contributed by atoms with E-state index in [2.05, 4.69) is 10.6 Å². The molecule has 2 amide bonds. The van der Waals surface area contributed by atoms with Gasteiger partial charge in [0.15, 0.2) is 5.75 Å². The molecule has 1 heterocycles. The van der Waals surface area contributed by atoms with Crippen molar-refractivity contribution in [2.24, 2.45) is 5.73 Å². The molecule has 142 valence electrons. The molecule has 3 aromatic carbocycles. The number of para-hydroxylation sites is 1. The topological polar surface area (TPSA) is 79.6 Å². The Morgan fingerprint density at radius 2 is 1.57 bits per heavy atom. The van der Waals surface area contributed by atoms with Gasteiger partial charge in [-0.05, 0) is 42.5 Å². The van der Waals surface area contributed by atoms with Gasteiger partial charge in [0.2, 0.25) is 0 Å². The normalized spacial score (nSPS) is 15.0. The number of halogens is 2. The van der Waals surface area contributed by atoms with E-state index in [1.54, 1.807) is 29.3 Å². The van der Waals surface area contributed by atoms with Crippen molar-refractivity contribution >= 4 is 23.1 Å². The third kappa shape index (κ3) is 3.58. The molecule has 0 spiro atoms. The molecule has 0 aliphatic carbocycles. The summed E-state index contributed by atoms with van der Waals surface area (Å²) in [4.78, 5) is 17.8. The third-order valence-electron chi connectivity index (χ3n) is 4.19. The number of anilines is 3. The van der Waals surface area contributed by atoms with E-state index in [1.165, 1.54) is 0 Å². The second kappa shape index (κ2) is 7.16. The number of hydroxylamine groups is 1. The van der Waals surface area contributed by atoms with Crippen LogP contribution in [0.15, 0.2) is 66.7 Å². The van der Waals surface area contributed by atoms with Crippen molar-refractivity contribution in [1.82, 2.24) is 0 Å². The van der Waals surface area contributed by atoms with Crippen LogP contribution in [0.5, 0.6) is 5.75 Å². The van der Waals surface area contributed by atoms with Gasteiger partial charge in [-0.25, -0.2) is 13.6 Å². The predicted molar refractivity (Wildman–Crippen MR) is 102 cm³/mol. The summed E-state index contributed by atoms with van der Waals surface area (Å²) in [5.41, 5.74) is 8.31. The van der Waals surface area contributed by atoms with E-state index in [-0.39, 0.29) is 5.69 Å². The van der Waals surface area contributed by atoms with Crippen molar-refractivity contribution in [1.29, 1.82) is 0 Å². The summed E-state index contributed by atoms with van der Waals surface area (Å²) in [7, 11) is 0. The highest BCUT2D eigenvalue weighted by atomic mass is 19.1. The van der Waals surface area contributed by atoms with Crippen molar-refractivity contribution in [3.8, 4) is 5.75 Å². The average Bonchev–Trinajstić information content (AvgIpc) is 2.98. The third-order valence-corrected chi connectivity index (χ3v) is 4.19. The second-order valence-electron chi connectivity index (χ2n) is 6.18. The van der Waals surface area contributed by atoms with Crippen LogP contribution in [0.1, 0.15) is 11.7 Å². The van der Waals surface area contributed by atoms with Gasteiger partial charge >= 0.3 is 6.03 Å². The molecule has 0 bridgehead atoms. The summed E-state index contributed by atoms with van der Waals surface area (Å²) in [6.07, 6.45) is -0.443. The van der Waals surface area contributed by atoms with E-state index in [4.69, 9.17) is 10.6 Å². The summed E-state index contributed by atoms with van der Waals surface area (Å²) in [6, 6.07) is 16.5. The number of amides is 2. The first-order valence-electron chi connectivity index (χ1n) is 8.45. The van der Waals surface area contributed by atoms with E-state index in [1.807, 2.05) is 24.3 Å². The zero-order chi connectivity index (χ0) is 19.7. The Morgan fingerprint density at radius 3 is 2.25 bits per heavy atom. The minimum atomic E-state index is -0.775. The molecule has 8 heteroatoms. The number of rotatable bonds is 3. The van der Waals surface area contributed by atoms with E-state index in [9.17, 15) is 13.6 Å². The molecule has 4 N–H and O–H groups in total. The van der Waals surface area contributed by atoms with Crippen LogP contribution in [0, 0.1) is 11.6 Å². The number of hydrogen-bond donors (Lipinski definition) is 3. The Bertz CT molecular complexity index is 1010. The van der Waals surface area contributed by atoms with Crippen LogP contribution in [0.2, 0.25) is 0 Å². The molecule has 0 aromatic heterocycles. The number of fused-ring (bicyclic) bond motifs is 1. The van der Waals surface area contributed by atoms with Crippen molar-refractivity contribution in [2.45, 2.75) is 6.17 Å². The highest BCUT2D eigenvalue weighted by Gasteiger charge is 2.29. The highest BCUT2D eigenvalue weighted by Crippen LogP contribution is 2.37. The minimum absolute atomic E-state index is 0.0147. The van der Waals surface area contributed by atoms with Crippen molar-refractivity contribution in [3.63, 3.8) is 0 Å². The van der Waals surface area contributed by atoms with Crippen LogP contribution >= 0.6 is 0 Å². The molecule has 6 nitrogen and oxygen atoms in total. The predicted octanol–water partition coefficient (Wildman–Crippen LogP) is 4.38. The fourth-order valence-corrected chi connectivity index (χ4v) is 2.92. The van der Waals surface area contributed by atoms with Gasteiger partial charge in [0, 0.05) is 23.0 Å². The molecule has 3 aromatic rings. The van der Waals surface area contributed by atoms with Gasteiger partial charge in [0.05, 0.1) is 5.69 Å². The maximum atomic E-state index is 13.2. The zero-order valence-electron chi connectivity index (χ0n) is 14.5. The molecular formula is C20H16F2N4O2. The largest absolute Gasteiger partial charge is 0.377 e. The lowest BCUT2D eigenvalue weighted by Gasteiger charge is -2.21. The van der Waals surface area contributed by atoms with E-state index in [0.717, 1.165) is 23.8 Å². The lowest BCUT2D eigenvalue weighted by atomic mass is 10.1. The Balaban J connectivity index is 1.42. The number of urea groups is 1. The number of nitrogens with zero attached hydrogens (tertiary/aromatic N) is 1. The van der Waals surface area contributed by atoms with Crippen LogP contribution < -0.4 is 26.3 Å². The molecule has 1 unspecified atom stereocenters. The first kappa shape index (κ1) is 17.7. The van der Waals surface area contributed by atoms with Gasteiger partial charge < -0.3 is 21.2 Å². The molecule has 0 saturated carbocycles. The number of carbonyl (C=O) groups is 1. The van der Waals surface area contributed by atoms with E-state index in [0.29, 0.717) is 17.1 Å². The molecule has 1 aliphatic heterocycles. The number of hydrogen-bond acceptors (Lipinski definition) is 4. The fourth-order valence-electron chi connectivity index (χ4n) is 2.92. The smallest absolute Gasteiger partial charge is 0.323 e. The Hall–Kier alpha value is -3.65. The van der Waals surface area contributed by atoms with Crippen LogP contribution in [-0.4, -0.2) is 6.03 Å². The summed E-state index contributed by atoms with van der Waals surface area (Å²) < 4.78 is 26.4. The first-order valence-corrected chi connectivity index (χ1v) is 8.45. The second-order valence-corrected chi connectivity index (χ2v) is 6.18. The SMILES string of the molecule is NC1c2ccccc2ON1c1ccc(NC(=O)Nc2cc(F)cc(F)c2)cc1. The van der Waals surface area contributed by atoms with Crippen LogP contribution in [0.4, 0.5) is 30.6 Å². The number of nitrogens with one attached hydrogen (secondary N) is 2. The van der Waals surface area contributed by atoms with Gasteiger partial charge in [0.1, 0.15) is 17.8 Å². The van der Waals surface area contributed by atoms with Crippen LogP contribution in [0.3, 0.4) is 0 Å². The minimum Gasteiger partial charge on any atom is -0.377 e. The standard InChI is InChI=1S/C20H16F2N4O2/c21-12-9-13(22)11-15(10-12)25-20(27)24-14-5-7-16(8-6-14)26-19(23)17-3-1-2-4-18(17)28-26/h1-11,19H,23H2,(H2,24,25,27). The van der Waals surface area contributed by atoms with Crippen molar-refractivity contribution < 1.29 is 18.4 Å². The van der Waals surface area contributed by atoms with Gasteiger partial charge in [-0.1, -0.05) is 18.2 Å². The Morgan fingerprint density at radius 1 is 0.929 bits per heavy atom. The quantitative estimate of drug-likeness (QED) is 0.628. The Kier molecular flexibility index (Phi) is 4.54. The molecule has 0 radical (unpaired) electrons. The monoisotopic (exact) mass is 382 g/mol. The molecule has 1 aliphatic rings. The summed E-state index contributed by atoms with van der Waals surface area (Å²) in [6.45, 7) is 0. The summed E-state index contributed by atoms with van der Waals surface area (Å²) in [5.74, 6) is -0.857. The molecular weight excluding hydrogens is 366 g/mol. The molecule has 0 saturated heterocycles. The molecule has 0 fully saturated rings. The number of nitrogens with two attached hydrogens (primary N) is 1. The molecule has 28 heavy (non-hydrogen) atoms. The lowest BCUT2D eigenvalue weighted by molar-refractivity contribution is 0.262. The first-order chi connectivity index (χ1) is 13.5. The lowest BCUT2D eigenvalue weighted by Crippen LogP contribution is -2.31. The summed E-state index contributed by atoms with van der Waals surface area (Å²) in [5, 5.41) is 6.54.